The highest BCUT2D eigenvalue weighted by molar-refractivity contribution is 8.00. The first-order valence-electron chi connectivity index (χ1n) is 14.6. The van der Waals surface area contributed by atoms with E-state index in [-0.39, 0.29) is 12.8 Å². The van der Waals surface area contributed by atoms with Crippen molar-refractivity contribution in [2.45, 2.75) is 69.8 Å². The molecule has 2 aromatic carbocycles. The van der Waals surface area contributed by atoms with Crippen molar-refractivity contribution in [2.75, 3.05) is 36.5 Å². The minimum absolute atomic E-state index is 0.223. The van der Waals surface area contributed by atoms with E-state index in [4.69, 9.17) is 14.7 Å². The molecule has 4 aromatic rings. The predicted octanol–water partition coefficient (Wildman–Crippen LogP) is 6.87. The average molecular weight is 573 g/mol. The molecule has 3 N–H and O–H groups in total. The van der Waals surface area contributed by atoms with Crippen LogP contribution in [-0.2, 0) is 0 Å². The Balaban J connectivity index is 1.35. The SMILES string of the molecule is Cc1cc2c(cc1C1CCN(CCO)CC1)OC(C)N2c1nc(Nc2ccccc2SC(C)C)c2c(C)c[nH]c2n1. The number of aromatic nitrogens is 3. The van der Waals surface area contributed by atoms with Crippen molar-refractivity contribution in [2.24, 2.45) is 0 Å². The van der Waals surface area contributed by atoms with Crippen molar-refractivity contribution in [3.63, 3.8) is 0 Å². The number of likely N-dealkylation sites (tertiary alicyclic amines) is 1. The summed E-state index contributed by atoms with van der Waals surface area (Å²) in [4.78, 5) is 19.1. The number of anilines is 4. The zero-order chi connectivity index (χ0) is 28.7. The van der Waals surface area contributed by atoms with E-state index in [9.17, 15) is 5.11 Å². The third kappa shape index (κ3) is 5.50. The van der Waals surface area contributed by atoms with Crippen molar-refractivity contribution in [3.05, 3.63) is 59.3 Å². The quantitative estimate of drug-likeness (QED) is 0.197. The Hall–Kier alpha value is -3.27. The van der Waals surface area contributed by atoms with E-state index in [0.717, 1.165) is 72.0 Å². The van der Waals surface area contributed by atoms with Gasteiger partial charge in [-0.2, -0.15) is 9.97 Å². The number of nitrogens with one attached hydrogen (secondary N) is 2. The number of hydrogen-bond donors (Lipinski definition) is 3. The van der Waals surface area contributed by atoms with Gasteiger partial charge in [0.2, 0.25) is 5.95 Å². The van der Waals surface area contributed by atoms with Crippen LogP contribution in [0.3, 0.4) is 0 Å². The molecule has 0 saturated carbocycles. The summed E-state index contributed by atoms with van der Waals surface area (Å²) in [6, 6.07) is 12.9. The number of H-pyrrole nitrogens is 1. The molecule has 41 heavy (non-hydrogen) atoms. The molecule has 1 atom stereocenters. The smallest absolute Gasteiger partial charge is 0.237 e. The summed E-state index contributed by atoms with van der Waals surface area (Å²) in [5.74, 6) is 2.77. The van der Waals surface area contributed by atoms with E-state index in [1.807, 2.05) is 18.0 Å². The number of para-hydroxylation sites is 1. The standard InChI is InChI=1S/C32H40N6O2S/c1-19(2)41-28-9-7-6-8-25(28)34-31-29-21(4)18-33-30(29)35-32(36-31)38-22(5)40-27-17-24(20(3)16-26(27)38)23-10-12-37(13-11-23)14-15-39/h6-9,16-19,22-23,39H,10-15H2,1-5H3,(H2,33,34,35,36). The maximum atomic E-state index is 9.31. The third-order valence-electron chi connectivity index (χ3n) is 8.15. The number of piperidine rings is 1. The van der Waals surface area contributed by atoms with Crippen LogP contribution in [0.2, 0.25) is 0 Å². The molecule has 1 saturated heterocycles. The fourth-order valence-corrected chi connectivity index (χ4v) is 7.06. The lowest BCUT2D eigenvalue weighted by molar-refractivity contribution is 0.164. The monoisotopic (exact) mass is 572 g/mol. The summed E-state index contributed by atoms with van der Waals surface area (Å²) in [6.07, 6.45) is 3.94. The molecule has 9 heteroatoms. The highest BCUT2D eigenvalue weighted by atomic mass is 32.2. The van der Waals surface area contributed by atoms with Gasteiger partial charge in [-0.15, -0.1) is 11.8 Å². The van der Waals surface area contributed by atoms with Crippen LogP contribution >= 0.6 is 11.8 Å². The van der Waals surface area contributed by atoms with Crippen LogP contribution in [-0.4, -0.2) is 62.7 Å². The highest BCUT2D eigenvalue weighted by Crippen LogP contribution is 2.46. The Bertz CT molecular complexity index is 1540. The van der Waals surface area contributed by atoms with Crippen molar-refractivity contribution >= 4 is 45.9 Å². The van der Waals surface area contributed by atoms with Crippen LogP contribution in [0.25, 0.3) is 11.0 Å². The van der Waals surface area contributed by atoms with Gasteiger partial charge in [-0.05, 0) is 93.6 Å². The van der Waals surface area contributed by atoms with Crippen molar-refractivity contribution in [3.8, 4) is 5.75 Å². The molecule has 8 nitrogen and oxygen atoms in total. The molecular weight excluding hydrogens is 532 g/mol. The highest BCUT2D eigenvalue weighted by Gasteiger charge is 2.34. The topological polar surface area (TPSA) is 89.5 Å². The van der Waals surface area contributed by atoms with Crippen molar-refractivity contribution in [1.29, 1.82) is 0 Å². The number of benzene rings is 2. The summed E-state index contributed by atoms with van der Waals surface area (Å²) >= 11 is 1.84. The number of aryl methyl sites for hydroxylation is 2. The Morgan fingerprint density at radius 1 is 1.12 bits per heavy atom. The van der Waals surface area contributed by atoms with Gasteiger partial charge in [0.1, 0.15) is 17.2 Å². The molecule has 0 radical (unpaired) electrons. The Morgan fingerprint density at radius 2 is 1.90 bits per heavy atom. The van der Waals surface area contributed by atoms with Crippen LogP contribution < -0.4 is 15.0 Å². The first-order valence-corrected chi connectivity index (χ1v) is 15.5. The second-order valence-corrected chi connectivity index (χ2v) is 13.1. The normalized spacial score (nSPS) is 17.8. The van der Waals surface area contributed by atoms with Gasteiger partial charge in [0.15, 0.2) is 6.23 Å². The lowest BCUT2D eigenvalue weighted by Gasteiger charge is -2.32. The lowest BCUT2D eigenvalue weighted by Crippen LogP contribution is -2.35. The first-order chi connectivity index (χ1) is 19.8. The molecule has 1 unspecified atom stereocenters. The average Bonchev–Trinajstić information content (AvgIpc) is 3.48. The molecule has 0 amide bonds. The predicted molar refractivity (Wildman–Crippen MR) is 168 cm³/mol. The van der Waals surface area contributed by atoms with Crippen molar-refractivity contribution in [1.82, 2.24) is 19.9 Å². The van der Waals surface area contributed by atoms with Gasteiger partial charge < -0.3 is 25.0 Å². The number of rotatable bonds is 8. The second-order valence-electron chi connectivity index (χ2n) is 11.5. The number of aliphatic hydroxyl groups excluding tert-OH is 1. The summed E-state index contributed by atoms with van der Waals surface area (Å²) in [7, 11) is 0. The van der Waals surface area contributed by atoms with Gasteiger partial charge in [0.25, 0.3) is 0 Å². The maximum absolute atomic E-state index is 9.31. The van der Waals surface area contributed by atoms with E-state index in [2.05, 4.69) is 91.1 Å². The maximum Gasteiger partial charge on any atom is 0.237 e. The summed E-state index contributed by atoms with van der Waals surface area (Å²) in [6.45, 7) is 13.8. The number of thioether (sulfide) groups is 1. The summed E-state index contributed by atoms with van der Waals surface area (Å²) in [5.41, 5.74) is 6.56. The molecule has 2 aliphatic rings. The van der Waals surface area contributed by atoms with Gasteiger partial charge in [0.05, 0.1) is 23.4 Å². The first kappa shape index (κ1) is 27.9. The molecule has 0 aliphatic carbocycles. The van der Waals surface area contributed by atoms with Crippen LogP contribution in [0.4, 0.5) is 23.1 Å². The number of hydrogen-bond acceptors (Lipinski definition) is 8. The zero-order valence-electron chi connectivity index (χ0n) is 24.6. The molecule has 0 spiro atoms. The molecular formula is C32H40N6O2S. The van der Waals surface area contributed by atoms with E-state index < -0.39 is 0 Å². The van der Waals surface area contributed by atoms with Crippen LogP contribution in [0, 0.1) is 13.8 Å². The minimum atomic E-state index is -0.240. The number of nitrogens with zero attached hydrogens (tertiary/aromatic N) is 4. The zero-order valence-corrected chi connectivity index (χ0v) is 25.4. The van der Waals surface area contributed by atoms with Gasteiger partial charge in [0, 0.05) is 22.9 Å². The van der Waals surface area contributed by atoms with Gasteiger partial charge >= 0.3 is 0 Å². The molecule has 216 valence electrons. The Kier molecular flexibility index (Phi) is 7.85. The summed E-state index contributed by atoms with van der Waals surface area (Å²) < 4.78 is 6.43. The number of aromatic amines is 1. The number of fused-ring (bicyclic) bond motifs is 2. The second kappa shape index (κ2) is 11.5. The minimum Gasteiger partial charge on any atom is -0.468 e. The van der Waals surface area contributed by atoms with Gasteiger partial charge in [-0.25, -0.2) is 0 Å². The lowest BCUT2D eigenvalue weighted by atomic mass is 9.86. The summed E-state index contributed by atoms with van der Waals surface area (Å²) in [5, 5.41) is 14.4. The largest absolute Gasteiger partial charge is 0.468 e. The van der Waals surface area contributed by atoms with Gasteiger partial charge in [-0.1, -0.05) is 26.0 Å². The van der Waals surface area contributed by atoms with Crippen LogP contribution in [0.15, 0.2) is 47.5 Å². The Morgan fingerprint density at radius 3 is 2.66 bits per heavy atom. The number of ether oxygens (including phenoxy) is 1. The fourth-order valence-electron chi connectivity index (χ4n) is 6.15. The van der Waals surface area contributed by atoms with E-state index >= 15 is 0 Å². The molecule has 0 bridgehead atoms. The Labute approximate surface area is 246 Å². The molecule has 2 aliphatic heterocycles. The van der Waals surface area contributed by atoms with Crippen molar-refractivity contribution < 1.29 is 9.84 Å². The van der Waals surface area contributed by atoms with E-state index in [0.29, 0.717) is 17.1 Å². The molecule has 2 aromatic heterocycles. The molecule has 4 heterocycles. The van der Waals surface area contributed by atoms with Gasteiger partial charge in [-0.3, -0.25) is 4.90 Å². The number of aliphatic hydroxyl groups is 1. The van der Waals surface area contributed by atoms with Crippen LogP contribution in [0.5, 0.6) is 5.75 Å². The van der Waals surface area contributed by atoms with E-state index in [1.54, 1.807) is 0 Å². The number of β-amino-alcohol motifs (C(OH)–C–C–N with tert-alkyl or cyclic N) is 1. The van der Waals surface area contributed by atoms with Crippen LogP contribution in [0.1, 0.15) is 56.2 Å². The van der Waals surface area contributed by atoms with E-state index in [1.165, 1.54) is 16.0 Å². The molecule has 1 fully saturated rings. The third-order valence-corrected chi connectivity index (χ3v) is 9.23. The fraction of sp³-hybridized carbons (Fsp3) is 0.438. The molecule has 6 rings (SSSR count).